The van der Waals surface area contributed by atoms with Crippen LogP contribution in [0.1, 0.15) is 47.9 Å². The van der Waals surface area contributed by atoms with Gasteiger partial charge in [0.2, 0.25) is 0 Å². The first-order valence-electron chi connectivity index (χ1n) is 8.92. The van der Waals surface area contributed by atoms with Crippen LogP contribution in [0.5, 0.6) is 0 Å². The molecule has 0 saturated carbocycles. The monoisotopic (exact) mass is 356 g/mol. The van der Waals surface area contributed by atoms with Crippen LogP contribution in [-0.2, 0) is 9.53 Å². The number of hydrogen-bond donors (Lipinski definition) is 0. The lowest BCUT2D eigenvalue weighted by Crippen LogP contribution is -2.44. The summed E-state index contributed by atoms with van der Waals surface area (Å²) >= 11 is 0. The fraction of sp³-hybridized carbons (Fsp3) is 0.474. The highest BCUT2D eigenvalue weighted by Crippen LogP contribution is 2.16. The molecule has 0 N–H and O–H groups in total. The van der Waals surface area contributed by atoms with Gasteiger partial charge in [-0.1, -0.05) is 0 Å². The number of amides is 1. The highest BCUT2D eigenvalue weighted by Gasteiger charge is 2.24. The number of piperidine rings is 1. The summed E-state index contributed by atoms with van der Waals surface area (Å²) < 4.78 is 6.89. The second kappa shape index (κ2) is 7.68. The second-order valence-electron chi connectivity index (χ2n) is 6.75. The lowest BCUT2D eigenvalue weighted by atomic mass is 10.0. The predicted octanol–water partition coefficient (Wildman–Crippen LogP) is 2.44. The zero-order chi connectivity index (χ0) is 18.7. The molecule has 1 atom stereocenters. The van der Waals surface area contributed by atoms with Crippen molar-refractivity contribution in [3.05, 3.63) is 41.3 Å². The summed E-state index contributed by atoms with van der Waals surface area (Å²) in [5, 5.41) is 4.36. The van der Waals surface area contributed by atoms with Gasteiger partial charge in [-0.25, -0.2) is 14.5 Å². The van der Waals surface area contributed by atoms with Gasteiger partial charge in [-0.3, -0.25) is 4.79 Å². The third-order valence-electron chi connectivity index (χ3n) is 4.66. The third-order valence-corrected chi connectivity index (χ3v) is 4.66. The molecule has 1 saturated heterocycles. The number of aromatic nitrogens is 3. The molecule has 0 aromatic carbocycles. The Morgan fingerprint density at radius 1 is 1.27 bits per heavy atom. The van der Waals surface area contributed by atoms with E-state index in [0.717, 1.165) is 37.2 Å². The van der Waals surface area contributed by atoms with Gasteiger partial charge in [0.25, 0.3) is 5.91 Å². The molecule has 2 aromatic rings. The number of nitrogens with zero attached hydrogens (tertiary/aromatic N) is 4. The Morgan fingerprint density at radius 2 is 2.08 bits per heavy atom. The molecule has 26 heavy (non-hydrogen) atoms. The van der Waals surface area contributed by atoms with Crippen LogP contribution in [0.2, 0.25) is 0 Å². The number of carbonyl (C=O) groups excluding carboxylic acids is 2. The van der Waals surface area contributed by atoms with Gasteiger partial charge < -0.3 is 9.64 Å². The minimum absolute atomic E-state index is 0.141. The number of aryl methyl sites for hydroxylation is 2. The van der Waals surface area contributed by atoms with E-state index in [1.807, 2.05) is 26.8 Å². The van der Waals surface area contributed by atoms with Crippen LogP contribution >= 0.6 is 0 Å². The van der Waals surface area contributed by atoms with Gasteiger partial charge in [-0.2, -0.15) is 5.10 Å². The molecule has 1 amide bonds. The molecule has 0 spiro atoms. The van der Waals surface area contributed by atoms with E-state index in [4.69, 9.17) is 4.74 Å². The van der Waals surface area contributed by atoms with E-state index < -0.39 is 5.97 Å². The number of carbonyl (C=O) groups is 2. The van der Waals surface area contributed by atoms with Crippen molar-refractivity contribution in [3.63, 3.8) is 0 Å². The Kier molecular flexibility index (Phi) is 5.35. The van der Waals surface area contributed by atoms with E-state index in [2.05, 4.69) is 10.1 Å². The molecular weight excluding hydrogens is 332 g/mol. The largest absolute Gasteiger partial charge is 0.452 e. The van der Waals surface area contributed by atoms with Crippen molar-refractivity contribution >= 4 is 11.9 Å². The van der Waals surface area contributed by atoms with Crippen molar-refractivity contribution in [1.29, 1.82) is 0 Å². The van der Waals surface area contributed by atoms with Gasteiger partial charge in [0, 0.05) is 24.5 Å². The van der Waals surface area contributed by atoms with Crippen molar-refractivity contribution in [1.82, 2.24) is 19.7 Å². The van der Waals surface area contributed by atoms with Crippen molar-refractivity contribution in [3.8, 4) is 5.82 Å². The lowest BCUT2D eigenvalue weighted by Gasteiger charge is -2.33. The fourth-order valence-corrected chi connectivity index (χ4v) is 3.26. The second-order valence-corrected chi connectivity index (χ2v) is 6.75. The fourth-order valence-electron chi connectivity index (χ4n) is 3.26. The summed E-state index contributed by atoms with van der Waals surface area (Å²) in [4.78, 5) is 30.5. The molecule has 0 aliphatic carbocycles. The average molecular weight is 356 g/mol. The molecule has 1 aliphatic rings. The molecule has 1 unspecified atom stereocenters. The first-order chi connectivity index (χ1) is 12.5. The normalized spacial score (nSPS) is 17.2. The Hall–Kier alpha value is -2.70. The SMILES string of the molecule is Cc1cc(C)n(-c2ccc(C(=O)OCC(=O)N3CCCCC3C)cn2)n1. The Bertz CT molecular complexity index is 798. The average Bonchev–Trinajstić information content (AvgIpc) is 2.98. The first kappa shape index (κ1) is 18.1. The van der Waals surface area contributed by atoms with Crippen LogP contribution in [0.15, 0.2) is 24.4 Å². The summed E-state index contributed by atoms with van der Waals surface area (Å²) in [6.07, 6.45) is 4.58. The van der Waals surface area contributed by atoms with E-state index in [1.54, 1.807) is 21.7 Å². The van der Waals surface area contributed by atoms with Gasteiger partial charge in [0.15, 0.2) is 12.4 Å². The summed E-state index contributed by atoms with van der Waals surface area (Å²) in [5.41, 5.74) is 2.18. The van der Waals surface area contributed by atoms with Crippen molar-refractivity contribution in [2.75, 3.05) is 13.2 Å². The van der Waals surface area contributed by atoms with Gasteiger partial charge in [0.1, 0.15) is 0 Å². The maximum absolute atomic E-state index is 12.2. The first-order valence-corrected chi connectivity index (χ1v) is 8.92. The van der Waals surface area contributed by atoms with E-state index in [9.17, 15) is 9.59 Å². The van der Waals surface area contributed by atoms with E-state index >= 15 is 0 Å². The summed E-state index contributed by atoms with van der Waals surface area (Å²) in [6, 6.07) is 5.51. The van der Waals surface area contributed by atoms with Crippen molar-refractivity contribution in [2.45, 2.75) is 46.1 Å². The van der Waals surface area contributed by atoms with Crippen LogP contribution in [0.25, 0.3) is 5.82 Å². The molecule has 3 rings (SSSR count). The van der Waals surface area contributed by atoms with Crippen LogP contribution in [-0.4, -0.2) is 50.7 Å². The van der Waals surface area contributed by atoms with Crippen LogP contribution in [0.4, 0.5) is 0 Å². The molecule has 138 valence electrons. The molecular formula is C19H24N4O3. The molecule has 7 nitrogen and oxygen atoms in total. The standard InChI is InChI=1S/C19H24N4O3/c1-13-10-15(3)23(21-13)17-8-7-16(11-20-17)19(25)26-12-18(24)22-9-5-4-6-14(22)2/h7-8,10-11,14H,4-6,9,12H2,1-3H3. The van der Waals surface area contributed by atoms with Gasteiger partial charge in [0.05, 0.1) is 11.3 Å². The number of esters is 1. The van der Waals surface area contributed by atoms with Gasteiger partial charge in [-0.15, -0.1) is 0 Å². The maximum atomic E-state index is 12.2. The zero-order valence-electron chi connectivity index (χ0n) is 15.4. The van der Waals surface area contributed by atoms with E-state index in [0.29, 0.717) is 11.4 Å². The zero-order valence-corrected chi connectivity index (χ0v) is 15.4. The van der Waals surface area contributed by atoms with Crippen molar-refractivity contribution in [2.24, 2.45) is 0 Å². The summed E-state index contributed by atoms with van der Waals surface area (Å²) in [6.45, 7) is 6.38. The highest BCUT2D eigenvalue weighted by atomic mass is 16.5. The number of likely N-dealkylation sites (tertiary alicyclic amines) is 1. The van der Waals surface area contributed by atoms with Crippen LogP contribution < -0.4 is 0 Å². The van der Waals surface area contributed by atoms with E-state index in [1.165, 1.54) is 6.20 Å². The number of rotatable bonds is 4. The number of hydrogen-bond acceptors (Lipinski definition) is 5. The maximum Gasteiger partial charge on any atom is 0.340 e. The quantitative estimate of drug-likeness (QED) is 0.787. The summed E-state index contributed by atoms with van der Waals surface area (Å²) in [5.74, 6) is -0.0569. The molecule has 1 fully saturated rings. The van der Waals surface area contributed by atoms with Crippen LogP contribution in [0.3, 0.4) is 0 Å². The predicted molar refractivity (Wildman–Crippen MR) is 96.1 cm³/mol. The highest BCUT2D eigenvalue weighted by molar-refractivity contribution is 5.91. The Balaban J connectivity index is 1.60. The van der Waals surface area contributed by atoms with Gasteiger partial charge in [-0.05, 0) is 58.2 Å². The molecule has 0 bridgehead atoms. The molecule has 2 aromatic heterocycles. The number of pyridine rings is 1. The molecule has 3 heterocycles. The van der Waals surface area contributed by atoms with E-state index in [-0.39, 0.29) is 18.6 Å². The number of ether oxygens (including phenoxy) is 1. The minimum atomic E-state index is -0.546. The molecule has 7 heteroatoms. The molecule has 1 aliphatic heterocycles. The third kappa shape index (κ3) is 3.92. The Labute approximate surface area is 153 Å². The van der Waals surface area contributed by atoms with Crippen LogP contribution in [0, 0.1) is 13.8 Å². The summed E-state index contributed by atoms with van der Waals surface area (Å²) in [7, 11) is 0. The lowest BCUT2D eigenvalue weighted by molar-refractivity contribution is -0.137. The van der Waals surface area contributed by atoms with Gasteiger partial charge >= 0.3 is 5.97 Å². The smallest absolute Gasteiger partial charge is 0.340 e. The minimum Gasteiger partial charge on any atom is -0.452 e. The van der Waals surface area contributed by atoms with Crippen molar-refractivity contribution < 1.29 is 14.3 Å². The Morgan fingerprint density at radius 3 is 2.69 bits per heavy atom. The molecule has 0 radical (unpaired) electrons. The topological polar surface area (TPSA) is 77.3 Å².